The summed E-state index contributed by atoms with van der Waals surface area (Å²) in [6.07, 6.45) is 3.55. The van der Waals surface area contributed by atoms with Crippen LogP contribution in [0.4, 0.5) is 0 Å². The number of guanidine groups is 1. The normalized spacial score (nSPS) is 23.4. The van der Waals surface area contributed by atoms with Crippen molar-refractivity contribution in [2.45, 2.75) is 42.7 Å². The third-order valence-corrected chi connectivity index (χ3v) is 8.62. The number of primary amides is 1. The fourth-order valence-electron chi connectivity index (χ4n) is 5.26. The van der Waals surface area contributed by atoms with E-state index in [4.69, 9.17) is 16.9 Å². The Kier molecular flexibility index (Phi) is 7.21. The summed E-state index contributed by atoms with van der Waals surface area (Å²) in [7, 11) is -2.75. The standard InChI is InChI=1S/C24H33N7O4S/c1-29(30-13-5-2-6-14-30)21(32)20-10-7-15-31(23(26)27)24(20,22(25)33)28-36(34,35)19-12-11-17-8-3-4-9-18(17)16-19/h3-4,8-9,11-12,16,20,28H,2,5-7,10,13-15H2,1H3,(H2,25,33)(H3,26,27). The predicted octanol–water partition coefficient (Wildman–Crippen LogP) is 0.764. The third kappa shape index (κ3) is 4.63. The number of carbonyl (C=O) groups excluding carboxylic acids is 2. The van der Waals surface area contributed by atoms with Crippen molar-refractivity contribution in [2.75, 3.05) is 26.7 Å². The zero-order chi connectivity index (χ0) is 26.1. The molecule has 0 bridgehead atoms. The number of rotatable bonds is 6. The van der Waals surface area contributed by atoms with E-state index in [1.54, 1.807) is 25.2 Å². The first-order valence-electron chi connectivity index (χ1n) is 12.0. The molecule has 2 aliphatic rings. The highest BCUT2D eigenvalue weighted by Gasteiger charge is 2.58. The molecular formula is C24H33N7O4S. The third-order valence-electron chi connectivity index (χ3n) is 7.17. The van der Waals surface area contributed by atoms with Crippen molar-refractivity contribution in [1.29, 1.82) is 5.41 Å². The maximum atomic E-state index is 13.8. The Balaban J connectivity index is 1.77. The molecular weight excluding hydrogens is 482 g/mol. The smallest absolute Gasteiger partial charge is 0.260 e. The summed E-state index contributed by atoms with van der Waals surface area (Å²) in [5.41, 5.74) is 9.45. The molecule has 2 amide bonds. The van der Waals surface area contributed by atoms with Crippen molar-refractivity contribution in [3.63, 3.8) is 0 Å². The molecule has 2 fully saturated rings. The van der Waals surface area contributed by atoms with Crippen molar-refractivity contribution < 1.29 is 18.0 Å². The van der Waals surface area contributed by atoms with Gasteiger partial charge in [-0.1, -0.05) is 36.8 Å². The average molecular weight is 516 g/mol. The van der Waals surface area contributed by atoms with E-state index in [1.807, 2.05) is 17.1 Å². The molecule has 194 valence electrons. The van der Waals surface area contributed by atoms with Gasteiger partial charge in [-0.25, -0.2) is 13.4 Å². The van der Waals surface area contributed by atoms with Crippen molar-refractivity contribution in [2.24, 2.45) is 17.4 Å². The Morgan fingerprint density at radius 3 is 2.33 bits per heavy atom. The highest BCUT2D eigenvalue weighted by atomic mass is 32.2. The lowest BCUT2D eigenvalue weighted by Gasteiger charge is -2.50. The van der Waals surface area contributed by atoms with Crippen molar-refractivity contribution in [1.82, 2.24) is 19.6 Å². The topological polar surface area (TPSA) is 166 Å². The molecule has 2 heterocycles. The van der Waals surface area contributed by atoms with Gasteiger partial charge in [-0.15, -0.1) is 0 Å². The Morgan fingerprint density at radius 2 is 1.69 bits per heavy atom. The average Bonchev–Trinajstić information content (AvgIpc) is 2.87. The molecule has 2 atom stereocenters. The highest BCUT2D eigenvalue weighted by molar-refractivity contribution is 7.89. The van der Waals surface area contributed by atoms with Gasteiger partial charge in [0.05, 0.1) is 10.8 Å². The minimum absolute atomic E-state index is 0.0912. The number of nitrogens with zero attached hydrogens (tertiary/aromatic N) is 3. The molecule has 6 N–H and O–H groups in total. The van der Waals surface area contributed by atoms with Crippen molar-refractivity contribution in [3.05, 3.63) is 42.5 Å². The fourth-order valence-corrected chi connectivity index (χ4v) is 6.67. The molecule has 2 aliphatic heterocycles. The van der Waals surface area contributed by atoms with Gasteiger partial charge in [0, 0.05) is 26.7 Å². The van der Waals surface area contributed by atoms with E-state index in [-0.39, 0.29) is 17.9 Å². The number of nitrogens with one attached hydrogen (secondary N) is 2. The van der Waals surface area contributed by atoms with Crippen LogP contribution in [0.3, 0.4) is 0 Å². The van der Waals surface area contributed by atoms with E-state index < -0.39 is 39.4 Å². The largest absolute Gasteiger partial charge is 0.370 e. The van der Waals surface area contributed by atoms with Gasteiger partial charge in [-0.3, -0.25) is 20.0 Å². The monoisotopic (exact) mass is 515 g/mol. The summed E-state index contributed by atoms with van der Waals surface area (Å²) in [6, 6.07) is 11.9. The molecule has 4 rings (SSSR count). The van der Waals surface area contributed by atoms with Crippen LogP contribution in [0.1, 0.15) is 32.1 Å². The molecule has 2 saturated heterocycles. The van der Waals surface area contributed by atoms with E-state index in [2.05, 4.69) is 4.72 Å². The Bertz CT molecular complexity index is 1280. The lowest BCUT2D eigenvalue weighted by atomic mass is 9.82. The summed E-state index contributed by atoms with van der Waals surface area (Å²) >= 11 is 0. The van der Waals surface area contributed by atoms with Gasteiger partial charge in [-0.2, -0.15) is 4.72 Å². The van der Waals surface area contributed by atoms with Gasteiger partial charge < -0.3 is 16.4 Å². The molecule has 11 nitrogen and oxygen atoms in total. The maximum absolute atomic E-state index is 13.8. The van der Waals surface area contributed by atoms with E-state index in [1.165, 1.54) is 17.1 Å². The molecule has 2 aromatic carbocycles. The number of amides is 2. The van der Waals surface area contributed by atoms with Crippen LogP contribution in [-0.4, -0.2) is 73.5 Å². The summed E-state index contributed by atoms with van der Waals surface area (Å²) in [5.74, 6) is -3.28. The van der Waals surface area contributed by atoms with Crippen LogP contribution in [-0.2, 0) is 19.6 Å². The number of hydrazine groups is 1. The zero-order valence-electron chi connectivity index (χ0n) is 20.3. The van der Waals surface area contributed by atoms with Gasteiger partial charge in [0.15, 0.2) is 11.6 Å². The number of hydrogen-bond acceptors (Lipinski definition) is 6. The molecule has 12 heteroatoms. The van der Waals surface area contributed by atoms with Crippen LogP contribution in [0.5, 0.6) is 0 Å². The first-order valence-corrected chi connectivity index (χ1v) is 13.5. The Labute approximate surface area is 210 Å². The number of nitrogens with two attached hydrogens (primary N) is 2. The van der Waals surface area contributed by atoms with Crippen LogP contribution in [0.15, 0.2) is 47.4 Å². The first-order chi connectivity index (χ1) is 17.1. The fraction of sp³-hybridized carbons (Fsp3) is 0.458. The molecule has 0 aromatic heterocycles. The second-order valence-corrected chi connectivity index (χ2v) is 11.0. The zero-order valence-corrected chi connectivity index (χ0v) is 21.1. The molecule has 0 saturated carbocycles. The van der Waals surface area contributed by atoms with E-state index in [9.17, 15) is 18.0 Å². The molecule has 0 aliphatic carbocycles. The second kappa shape index (κ2) is 10.0. The lowest BCUT2D eigenvalue weighted by molar-refractivity contribution is -0.163. The lowest BCUT2D eigenvalue weighted by Crippen LogP contribution is -2.77. The van der Waals surface area contributed by atoms with E-state index in [0.29, 0.717) is 24.9 Å². The van der Waals surface area contributed by atoms with Crippen LogP contribution < -0.4 is 16.2 Å². The summed E-state index contributed by atoms with van der Waals surface area (Å²) < 4.78 is 29.8. The van der Waals surface area contributed by atoms with Gasteiger partial charge >= 0.3 is 0 Å². The summed E-state index contributed by atoms with van der Waals surface area (Å²) in [5, 5.41) is 13.0. The molecule has 36 heavy (non-hydrogen) atoms. The van der Waals surface area contributed by atoms with Crippen LogP contribution in [0.2, 0.25) is 0 Å². The second-order valence-electron chi connectivity index (χ2n) is 9.35. The Hall–Kier alpha value is -3.22. The number of fused-ring (bicyclic) bond motifs is 1. The highest BCUT2D eigenvalue weighted by Crippen LogP contribution is 2.35. The molecule has 0 spiro atoms. The summed E-state index contributed by atoms with van der Waals surface area (Å²) in [4.78, 5) is 27.9. The number of carbonyl (C=O) groups is 2. The maximum Gasteiger partial charge on any atom is 0.260 e. The summed E-state index contributed by atoms with van der Waals surface area (Å²) in [6.45, 7) is 1.45. The Morgan fingerprint density at radius 1 is 1.03 bits per heavy atom. The molecule has 0 radical (unpaired) electrons. The number of benzene rings is 2. The van der Waals surface area contributed by atoms with Gasteiger partial charge in [0.1, 0.15) is 0 Å². The van der Waals surface area contributed by atoms with Crippen LogP contribution in [0, 0.1) is 11.3 Å². The number of hydrogen-bond donors (Lipinski definition) is 4. The van der Waals surface area contributed by atoms with Crippen molar-refractivity contribution in [3.8, 4) is 0 Å². The van der Waals surface area contributed by atoms with E-state index >= 15 is 0 Å². The van der Waals surface area contributed by atoms with E-state index in [0.717, 1.165) is 29.5 Å². The van der Waals surface area contributed by atoms with Gasteiger partial charge in [0.2, 0.25) is 15.9 Å². The molecule has 2 unspecified atom stereocenters. The van der Waals surface area contributed by atoms with Crippen LogP contribution in [0.25, 0.3) is 10.8 Å². The quantitative estimate of drug-likeness (QED) is 0.326. The molecule has 2 aromatic rings. The first kappa shape index (κ1) is 25.9. The number of piperidine rings is 2. The van der Waals surface area contributed by atoms with Crippen LogP contribution >= 0.6 is 0 Å². The SMILES string of the molecule is CN(C(=O)C1CCCN(C(=N)N)C1(NS(=O)(=O)c1ccc2ccccc2c1)C(N)=O)N1CCCCC1. The number of likely N-dealkylation sites (tertiary alicyclic amines) is 1. The van der Waals surface area contributed by atoms with Gasteiger partial charge in [-0.05, 0) is 48.6 Å². The predicted molar refractivity (Wildman–Crippen MR) is 136 cm³/mol. The minimum atomic E-state index is -4.37. The van der Waals surface area contributed by atoms with Gasteiger partial charge in [0.25, 0.3) is 5.91 Å². The number of sulfonamides is 1. The van der Waals surface area contributed by atoms with Crippen molar-refractivity contribution >= 4 is 38.6 Å². The minimum Gasteiger partial charge on any atom is -0.370 e.